The minimum absolute atomic E-state index is 0.249. The van der Waals surface area contributed by atoms with Gasteiger partial charge in [-0.25, -0.2) is 9.66 Å². The number of benzene rings is 2. The molecule has 11 heteroatoms. The number of hydrogen-bond donors (Lipinski definition) is 1. The number of halogens is 2. The van der Waals surface area contributed by atoms with Gasteiger partial charge in [0.15, 0.2) is 11.5 Å². The summed E-state index contributed by atoms with van der Waals surface area (Å²) >= 11 is 0. The highest BCUT2D eigenvalue weighted by Gasteiger charge is 2.26. The summed E-state index contributed by atoms with van der Waals surface area (Å²) in [5.74, 6) is -1.66. The Morgan fingerprint density at radius 2 is 2.04 bits per heavy atom. The van der Waals surface area contributed by atoms with E-state index in [0.29, 0.717) is 17.1 Å². The summed E-state index contributed by atoms with van der Waals surface area (Å²) in [6.07, 6.45) is 1.33. The third-order valence-corrected chi connectivity index (χ3v) is 3.61. The molecule has 3 rings (SSSR count). The van der Waals surface area contributed by atoms with Crippen LogP contribution in [-0.4, -0.2) is 34.2 Å². The minimum atomic E-state index is -3.21. The van der Waals surface area contributed by atoms with Gasteiger partial charge in [0.25, 0.3) is 11.6 Å². The van der Waals surface area contributed by atoms with E-state index >= 15 is 0 Å². The lowest BCUT2D eigenvalue weighted by Crippen LogP contribution is -2.23. The number of methoxy groups -OCH3 is 1. The van der Waals surface area contributed by atoms with Crippen LogP contribution >= 0.6 is 0 Å². The predicted molar refractivity (Wildman–Crippen MR) is 89.7 cm³/mol. The first kappa shape index (κ1) is 18.0. The zero-order chi connectivity index (χ0) is 19.6. The Hall–Kier alpha value is -3.76. The summed E-state index contributed by atoms with van der Waals surface area (Å²) in [7, 11) is 1.16. The molecule has 140 valence electrons. The number of nitrogens with one attached hydrogen (secondary N) is 1. The van der Waals surface area contributed by atoms with Crippen LogP contribution in [0.1, 0.15) is 10.4 Å². The lowest BCUT2D eigenvalue weighted by atomic mass is 10.1. The number of carbonyl (C=O) groups is 1. The Kier molecular flexibility index (Phi) is 4.83. The van der Waals surface area contributed by atoms with E-state index in [4.69, 9.17) is 4.74 Å². The first-order chi connectivity index (χ1) is 12.9. The first-order valence-corrected chi connectivity index (χ1v) is 7.45. The Bertz CT molecular complexity index is 1020. The van der Waals surface area contributed by atoms with E-state index in [1.165, 1.54) is 11.0 Å². The van der Waals surface area contributed by atoms with Crippen LogP contribution in [0.2, 0.25) is 0 Å². The number of aromatic nitrogens is 2. The zero-order valence-corrected chi connectivity index (χ0v) is 13.8. The number of nitro benzene ring substituents is 1. The van der Waals surface area contributed by atoms with E-state index in [2.05, 4.69) is 15.1 Å². The predicted octanol–water partition coefficient (Wildman–Crippen LogP) is 2.94. The highest BCUT2D eigenvalue weighted by molar-refractivity contribution is 6.04. The summed E-state index contributed by atoms with van der Waals surface area (Å²) in [5.41, 5.74) is 2.52. The number of para-hydroxylation sites is 2. The molecule has 0 saturated carbocycles. The van der Waals surface area contributed by atoms with Crippen molar-refractivity contribution in [1.29, 1.82) is 0 Å². The number of alkyl halides is 2. The van der Waals surface area contributed by atoms with Gasteiger partial charge in [0.1, 0.15) is 11.9 Å². The molecule has 0 spiro atoms. The number of ether oxygens (including phenoxy) is 2. The Morgan fingerprint density at radius 3 is 2.70 bits per heavy atom. The highest BCUT2D eigenvalue weighted by atomic mass is 19.3. The van der Waals surface area contributed by atoms with Crippen LogP contribution in [0.5, 0.6) is 11.5 Å². The summed E-state index contributed by atoms with van der Waals surface area (Å²) in [6, 6.07) is 8.58. The van der Waals surface area contributed by atoms with Crippen molar-refractivity contribution in [3.8, 4) is 11.5 Å². The molecule has 1 heterocycles. The number of imidazole rings is 1. The number of fused-ring (bicyclic) bond motifs is 1. The molecule has 1 N–H and O–H groups in total. The monoisotopic (exact) mass is 378 g/mol. The zero-order valence-electron chi connectivity index (χ0n) is 13.8. The molecular weight excluding hydrogens is 366 g/mol. The highest BCUT2D eigenvalue weighted by Crippen LogP contribution is 2.35. The van der Waals surface area contributed by atoms with Crippen molar-refractivity contribution >= 4 is 22.6 Å². The first-order valence-electron chi connectivity index (χ1n) is 7.45. The Balaban J connectivity index is 2.01. The van der Waals surface area contributed by atoms with Crippen molar-refractivity contribution in [3.05, 3.63) is 58.4 Å². The standard InChI is InChI=1S/C16H12F2N4O5/c1-26-13-6-9(12(22(24)25)7-14(13)27-16(17)18)15(23)20-21-8-19-10-4-2-3-5-11(10)21/h2-8,16H,1H3,(H,20,23). The number of amides is 1. The molecule has 0 aliphatic rings. The fourth-order valence-corrected chi connectivity index (χ4v) is 2.45. The number of rotatable bonds is 6. The smallest absolute Gasteiger partial charge is 0.387 e. The molecule has 0 atom stereocenters. The Labute approximate surface area is 150 Å². The lowest BCUT2D eigenvalue weighted by molar-refractivity contribution is -0.385. The molecule has 27 heavy (non-hydrogen) atoms. The molecule has 0 fully saturated rings. The topological polar surface area (TPSA) is 109 Å². The molecule has 1 amide bonds. The summed E-state index contributed by atoms with van der Waals surface area (Å²) in [6.45, 7) is -3.21. The van der Waals surface area contributed by atoms with Crippen molar-refractivity contribution in [3.63, 3.8) is 0 Å². The number of nitro groups is 1. The van der Waals surface area contributed by atoms with Crippen molar-refractivity contribution in [2.24, 2.45) is 0 Å². The van der Waals surface area contributed by atoms with Crippen LogP contribution in [0.4, 0.5) is 14.5 Å². The van der Waals surface area contributed by atoms with E-state index in [1.807, 2.05) is 0 Å². The van der Waals surface area contributed by atoms with E-state index < -0.39 is 34.4 Å². The second-order valence-electron chi connectivity index (χ2n) is 5.20. The van der Waals surface area contributed by atoms with Gasteiger partial charge in [-0.15, -0.1) is 0 Å². The van der Waals surface area contributed by atoms with Crippen LogP contribution in [0.25, 0.3) is 11.0 Å². The van der Waals surface area contributed by atoms with E-state index in [-0.39, 0.29) is 5.75 Å². The second-order valence-corrected chi connectivity index (χ2v) is 5.20. The molecule has 0 radical (unpaired) electrons. The molecule has 9 nitrogen and oxygen atoms in total. The normalized spacial score (nSPS) is 10.8. The van der Waals surface area contributed by atoms with Crippen molar-refractivity contribution in [2.75, 3.05) is 12.5 Å². The number of carbonyl (C=O) groups excluding carboxylic acids is 1. The molecule has 0 saturated heterocycles. The molecule has 0 bridgehead atoms. The maximum absolute atomic E-state index is 12.6. The van der Waals surface area contributed by atoms with Gasteiger partial charge < -0.3 is 9.47 Å². The molecule has 2 aromatic carbocycles. The number of nitrogens with zero attached hydrogens (tertiary/aromatic N) is 3. The fourth-order valence-electron chi connectivity index (χ4n) is 2.45. The number of hydrogen-bond acceptors (Lipinski definition) is 6. The molecule has 1 aromatic heterocycles. The van der Waals surface area contributed by atoms with E-state index in [9.17, 15) is 23.7 Å². The van der Waals surface area contributed by atoms with Gasteiger partial charge in [0.2, 0.25) is 0 Å². The molecule has 0 aliphatic heterocycles. The van der Waals surface area contributed by atoms with Crippen molar-refractivity contribution in [2.45, 2.75) is 6.61 Å². The van der Waals surface area contributed by atoms with Gasteiger partial charge in [0.05, 0.1) is 29.1 Å². The van der Waals surface area contributed by atoms with Gasteiger partial charge in [-0.3, -0.25) is 20.3 Å². The summed E-state index contributed by atoms with van der Waals surface area (Å²) in [5, 5.41) is 11.3. The average molecular weight is 378 g/mol. The summed E-state index contributed by atoms with van der Waals surface area (Å²) < 4.78 is 35.4. The molecule has 3 aromatic rings. The SMILES string of the molecule is COc1cc(C(=O)Nn2cnc3ccccc32)c([N+](=O)[O-])cc1OC(F)F. The van der Waals surface area contributed by atoms with Crippen LogP contribution in [-0.2, 0) is 0 Å². The van der Waals surface area contributed by atoms with Gasteiger partial charge in [-0.1, -0.05) is 12.1 Å². The second kappa shape index (κ2) is 7.23. The van der Waals surface area contributed by atoms with Crippen molar-refractivity contribution < 1.29 is 28.0 Å². The third kappa shape index (κ3) is 3.61. The Morgan fingerprint density at radius 1 is 1.30 bits per heavy atom. The van der Waals surface area contributed by atoms with E-state index in [0.717, 1.165) is 13.2 Å². The van der Waals surface area contributed by atoms with Crippen LogP contribution in [0, 0.1) is 10.1 Å². The maximum Gasteiger partial charge on any atom is 0.387 e. The minimum Gasteiger partial charge on any atom is -0.493 e. The van der Waals surface area contributed by atoms with E-state index in [1.54, 1.807) is 24.3 Å². The van der Waals surface area contributed by atoms with Gasteiger partial charge >= 0.3 is 6.61 Å². The average Bonchev–Trinajstić information content (AvgIpc) is 3.03. The molecular formula is C16H12F2N4O5. The summed E-state index contributed by atoms with van der Waals surface area (Å²) in [4.78, 5) is 27.1. The van der Waals surface area contributed by atoms with Gasteiger partial charge in [-0.2, -0.15) is 8.78 Å². The maximum atomic E-state index is 12.6. The molecule has 0 unspecified atom stereocenters. The van der Waals surface area contributed by atoms with Crippen LogP contribution < -0.4 is 14.9 Å². The fraction of sp³-hybridized carbons (Fsp3) is 0.125. The van der Waals surface area contributed by atoms with Gasteiger partial charge in [0, 0.05) is 6.07 Å². The van der Waals surface area contributed by atoms with Crippen molar-refractivity contribution in [1.82, 2.24) is 9.66 Å². The van der Waals surface area contributed by atoms with Crippen LogP contribution in [0.15, 0.2) is 42.7 Å². The quantitative estimate of drug-likeness (QED) is 0.522. The third-order valence-electron chi connectivity index (χ3n) is 3.61. The largest absolute Gasteiger partial charge is 0.493 e. The molecule has 0 aliphatic carbocycles. The lowest BCUT2D eigenvalue weighted by Gasteiger charge is -2.12. The van der Waals surface area contributed by atoms with Gasteiger partial charge in [-0.05, 0) is 12.1 Å². The van der Waals surface area contributed by atoms with Crippen LogP contribution in [0.3, 0.4) is 0 Å².